The van der Waals surface area contributed by atoms with Crippen molar-refractivity contribution in [2.45, 2.75) is 74.9 Å². The van der Waals surface area contributed by atoms with Crippen LogP contribution in [0.15, 0.2) is 47.8 Å². The van der Waals surface area contributed by atoms with Crippen LogP contribution in [0.5, 0.6) is 0 Å². The second kappa shape index (κ2) is 6.82. The molecule has 3 heterocycles. The number of anilines is 1. The van der Waals surface area contributed by atoms with Crippen LogP contribution in [0, 0.1) is 22.7 Å². The summed E-state index contributed by atoms with van der Waals surface area (Å²) in [6, 6.07) is 3.55. The van der Waals surface area contributed by atoms with Gasteiger partial charge in [0.2, 0.25) is 0 Å². The maximum Gasteiger partial charge on any atom is 0.251 e. The Morgan fingerprint density at radius 1 is 1.23 bits per heavy atom. The summed E-state index contributed by atoms with van der Waals surface area (Å²) in [6.45, 7) is 2.23. The van der Waals surface area contributed by atoms with Crippen LogP contribution in [0.25, 0.3) is 0 Å². The molecule has 0 aromatic carbocycles. The van der Waals surface area contributed by atoms with Crippen LogP contribution in [-0.2, 0) is 9.53 Å². The van der Waals surface area contributed by atoms with Gasteiger partial charge in [-0.05, 0) is 76.2 Å². The Labute approximate surface area is 206 Å². The number of ether oxygens (including phenoxy) is 1. The monoisotopic (exact) mass is 477 g/mol. The van der Waals surface area contributed by atoms with Gasteiger partial charge in [-0.3, -0.25) is 9.78 Å². The number of nitrogens with one attached hydrogen (secondary N) is 1. The molecule has 186 valence electrons. The van der Waals surface area contributed by atoms with Gasteiger partial charge in [0.15, 0.2) is 0 Å². The number of nitrogens with zero attached hydrogens (tertiary/aromatic N) is 2. The Morgan fingerprint density at radius 3 is 2.80 bits per heavy atom. The van der Waals surface area contributed by atoms with Crippen molar-refractivity contribution >= 4 is 11.6 Å². The van der Waals surface area contributed by atoms with Gasteiger partial charge in [-0.2, -0.15) is 0 Å². The van der Waals surface area contributed by atoms with Gasteiger partial charge in [0.1, 0.15) is 0 Å². The van der Waals surface area contributed by atoms with E-state index in [1.165, 1.54) is 5.57 Å². The molecule has 0 radical (unpaired) electrons. The number of pyridine rings is 1. The minimum Gasteiger partial charge on any atom is -0.390 e. The highest BCUT2D eigenvalue weighted by Gasteiger charge is 2.84. The number of carbonyl (C=O) groups excluding carboxylic acids is 1. The van der Waals surface area contributed by atoms with Gasteiger partial charge in [0.05, 0.1) is 35.3 Å². The number of aliphatic hydroxyl groups is 2. The lowest BCUT2D eigenvalue weighted by Gasteiger charge is -2.59. The Kier molecular flexibility index (Phi) is 4.32. The minimum absolute atomic E-state index is 0.0515. The molecule has 2 saturated heterocycles. The van der Waals surface area contributed by atoms with Gasteiger partial charge in [-0.1, -0.05) is 19.1 Å². The molecular weight excluding hydrogens is 442 g/mol. The average molecular weight is 478 g/mol. The molecule has 4 aliphatic carbocycles. The summed E-state index contributed by atoms with van der Waals surface area (Å²) in [7, 11) is 3.95. The number of fused-ring (bicyclic) bond motifs is 2. The zero-order valence-electron chi connectivity index (χ0n) is 20.7. The van der Waals surface area contributed by atoms with E-state index in [9.17, 15) is 15.0 Å². The number of carbonyl (C=O) groups is 1. The predicted molar refractivity (Wildman–Crippen MR) is 130 cm³/mol. The molecule has 2 bridgehead atoms. The van der Waals surface area contributed by atoms with E-state index in [1.54, 1.807) is 12.4 Å². The molecule has 1 aromatic rings. The normalized spacial score (nSPS) is 48.8. The van der Waals surface area contributed by atoms with Crippen molar-refractivity contribution in [2.75, 3.05) is 19.4 Å². The second-order valence-electron chi connectivity index (χ2n) is 12.3. The smallest absolute Gasteiger partial charge is 0.251 e. The van der Waals surface area contributed by atoms with Crippen LogP contribution in [-0.4, -0.2) is 69.6 Å². The molecule has 6 aliphatic rings. The van der Waals surface area contributed by atoms with E-state index in [4.69, 9.17) is 4.74 Å². The molecule has 4 fully saturated rings. The number of hydrogen-bond donors (Lipinski definition) is 3. The summed E-state index contributed by atoms with van der Waals surface area (Å²) < 4.78 is 7.31. The van der Waals surface area contributed by atoms with E-state index in [0.717, 1.165) is 44.1 Å². The fraction of sp³-hybridized carbons (Fsp3) is 0.643. The van der Waals surface area contributed by atoms with Crippen molar-refractivity contribution in [1.29, 1.82) is 0 Å². The van der Waals surface area contributed by atoms with Crippen molar-refractivity contribution in [3.8, 4) is 0 Å². The van der Waals surface area contributed by atoms with E-state index in [-0.39, 0.29) is 40.2 Å². The fourth-order valence-corrected chi connectivity index (χ4v) is 9.17. The van der Waals surface area contributed by atoms with E-state index < -0.39 is 17.8 Å². The molecule has 7 heteroatoms. The number of hydrogen-bond acceptors (Lipinski definition) is 6. The van der Waals surface area contributed by atoms with E-state index >= 15 is 0 Å². The number of aromatic nitrogens is 1. The van der Waals surface area contributed by atoms with Crippen molar-refractivity contribution in [2.24, 2.45) is 22.7 Å². The maximum atomic E-state index is 13.4. The third-order valence-corrected chi connectivity index (χ3v) is 10.9. The van der Waals surface area contributed by atoms with Gasteiger partial charge in [0, 0.05) is 34.6 Å². The first-order valence-electron chi connectivity index (χ1n) is 13.0. The zero-order chi connectivity index (χ0) is 24.4. The first kappa shape index (κ1) is 22.2. The second-order valence-corrected chi connectivity index (χ2v) is 12.3. The van der Waals surface area contributed by atoms with Crippen molar-refractivity contribution in [3.63, 3.8) is 0 Å². The van der Waals surface area contributed by atoms with Gasteiger partial charge < -0.3 is 25.2 Å². The third-order valence-electron chi connectivity index (χ3n) is 10.9. The van der Waals surface area contributed by atoms with Crippen molar-refractivity contribution in [1.82, 2.24) is 9.88 Å². The molecule has 9 atom stereocenters. The lowest BCUT2D eigenvalue weighted by Crippen LogP contribution is -2.67. The summed E-state index contributed by atoms with van der Waals surface area (Å²) >= 11 is 0. The number of allylic oxidation sites excluding steroid dienone is 2. The third kappa shape index (κ3) is 2.50. The Bertz CT molecular complexity index is 1170. The molecule has 1 amide bonds. The van der Waals surface area contributed by atoms with Gasteiger partial charge in [-0.25, -0.2) is 0 Å². The summed E-state index contributed by atoms with van der Waals surface area (Å²) in [5.41, 5.74) is 1.42. The molecule has 7 nitrogen and oxygen atoms in total. The van der Waals surface area contributed by atoms with Crippen LogP contribution in [0.1, 0.15) is 45.4 Å². The quantitative estimate of drug-likeness (QED) is 0.580. The minimum atomic E-state index is -0.776. The van der Waals surface area contributed by atoms with Gasteiger partial charge in [-0.15, -0.1) is 0 Å². The summed E-state index contributed by atoms with van der Waals surface area (Å²) in [5, 5.41) is 25.5. The molecule has 3 N–H and O–H groups in total. The van der Waals surface area contributed by atoms with Crippen LogP contribution in [0.3, 0.4) is 0 Å². The molecule has 2 aliphatic heterocycles. The number of aliphatic hydroxyl groups excluding tert-OH is 2. The Hall–Kier alpha value is -2.06. The van der Waals surface area contributed by atoms with E-state index in [1.807, 2.05) is 31.1 Å². The largest absolute Gasteiger partial charge is 0.390 e. The standard InChI is InChI=1S/C28H35N3O4/c1-25-9-8-17-19-13-27(19)23(33)22(32)20(31(2)3)14-26(27)10-11-28(17,35-26)21(25)7-6-18(25)24(34)30-16-5-4-12-29-15-16/h4-6,8,12,15,19-23,32-33H,7,9-11,13-14H2,1-3H3,(H,30,34). The molecule has 2 saturated carbocycles. The van der Waals surface area contributed by atoms with E-state index in [2.05, 4.69) is 29.4 Å². The molecule has 7 rings (SSSR count). The Balaban J connectivity index is 1.24. The van der Waals surface area contributed by atoms with Gasteiger partial charge >= 0.3 is 0 Å². The van der Waals surface area contributed by atoms with Crippen molar-refractivity contribution < 1.29 is 19.7 Å². The summed E-state index contributed by atoms with van der Waals surface area (Å²) in [6.07, 6.45) is 11.4. The molecular formula is C28H35N3O4. The first-order valence-corrected chi connectivity index (χ1v) is 13.0. The molecule has 1 aromatic heterocycles. The van der Waals surface area contributed by atoms with Gasteiger partial charge in [0.25, 0.3) is 5.91 Å². The van der Waals surface area contributed by atoms with E-state index in [0.29, 0.717) is 5.69 Å². The summed E-state index contributed by atoms with van der Waals surface area (Å²) in [5.74, 6) is 0.415. The lowest BCUT2D eigenvalue weighted by molar-refractivity contribution is -0.248. The maximum absolute atomic E-state index is 13.4. The Morgan fingerprint density at radius 2 is 2.06 bits per heavy atom. The van der Waals surface area contributed by atoms with Crippen molar-refractivity contribution in [3.05, 3.63) is 47.8 Å². The average Bonchev–Trinajstić information content (AvgIpc) is 3.36. The highest BCUT2D eigenvalue weighted by molar-refractivity contribution is 6.05. The van der Waals surface area contributed by atoms with Crippen LogP contribution < -0.4 is 5.32 Å². The predicted octanol–water partition coefficient (Wildman–Crippen LogP) is 2.67. The zero-order valence-corrected chi connectivity index (χ0v) is 20.7. The van der Waals surface area contributed by atoms with Crippen LogP contribution in [0.2, 0.25) is 0 Å². The lowest BCUT2D eigenvalue weighted by atomic mass is 9.57. The number of likely N-dealkylation sites (N-methyl/N-ethyl adjacent to an activating group) is 1. The first-order chi connectivity index (χ1) is 16.7. The molecule has 3 spiro atoms. The SMILES string of the molecule is CN(C)C1CC23CCC4(O2)C(=CCC2(C)C(C(=O)Nc5cccnc5)=CCC24)C2CC23C(O)C1O. The molecule has 35 heavy (non-hydrogen) atoms. The number of rotatable bonds is 3. The highest BCUT2D eigenvalue weighted by atomic mass is 16.5. The highest BCUT2D eigenvalue weighted by Crippen LogP contribution is 2.81. The fourth-order valence-electron chi connectivity index (χ4n) is 9.17. The number of amides is 1. The van der Waals surface area contributed by atoms with Crippen LogP contribution in [0.4, 0.5) is 5.69 Å². The topological polar surface area (TPSA) is 94.9 Å². The summed E-state index contributed by atoms with van der Waals surface area (Å²) in [4.78, 5) is 19.6. The molecule has 9 unspecified atom stereocenters. The van der Waals surface area contributed by atoms with Crippen LogP contribution >= 0.6 is 0 Å².